The van der Waals surface area contributed by atoms with Gasteiger partial charge in [0.05, 0.1) is 28.4 Å². The summed E-state index contributed by atoms with van der Waals surface area (Å²) < 4.78 is 0. The fraction of sp³-hybridized carbons (Fsp3) is 0.0741. The number of carbonyl (C=O) groups excluding carboxylic acids is 1. The second-order valence-electron chi connectivity index (χ2n) is 7.93. The van der Waals surface area contributed by atoms with E-state index in [9.17, 15) is 4.79 Å². The highest BCUT2D eigenvalue weighted by atomic mass is 16.1. The van der Waals surface area contributed by atoms with Crippen LogP contribution in [0.4, 0.5) is 5.69 Å². The lowest BCUT2D eigenvalue weighted by molar-refractivity contribution is 0.102. The van der Waals surface area contributed by atoms with Crippen molar-refractivity contribution in [3.63, 3.8) is 0 Å². The molecule has 5 aromatic rings. The van der Waals surface area contributed by atoms with E-state index >= 15 is 0 Å². The lowest BCUT2D eigenvalue weighted by atomic mass is 10.0. The largest absolute Gasteiger partial charge is 0.358 e. The maximum absolute atomic E-state index is 12.6. The molecule has 0 unspecified atom stereocenters. The lowest BCUT2D eigenvalue weighted by Crippen LogP contribution is -2.12. The number of carbonyl (C=O) groups is 1. The van der Waals surface area contributed by atoms with Gasteiger partial charge in [0.25, 0.3) is 5.91 Å². The van der Waals surface area contributed by atoms with E-state index in [0.717, 1.165) is 33.4 Å². The second-order valence-corrected chi connectivity index (χ2v) is 7.93. The molecule has 0 spiro atoms. The molecule has 7 heteroatoms. The Bertz CT molecular complexity index is 1530. The number of nitriles is 1. The molecule has 2 aromatic carbocycles. The Balaban J connectivity index is 1.38. The number of fused-ring (bicyclic) bond motifs is 1. The van der Waals surface area contributed by atoms with Crippen LogP contribution in [0.15, 0.2) is 79.3 Å². The molecule has 2 N–H and O–H groups in total. The zero-order valence-corrected chi connectivity index (χ0v) is 18.4. The van der Waals surface area contributed by atoms with Crippen LogP contribution in [0.3, 0.4) is 0 Å². The molecule has 34 heavy (non-hydrogen) atoms. The molecule has 0 atom stereocenters. The van der Waals surface area contributed by atoms with E-state index in [1.165, 1.54) is 0 Å². The first kappa shape index (κ1) is 21.0. The Morgan fingerprint density at radius 1 is 1.09 bits per heavy atom. The number of benzene rings is 2. The van der Waals surface area contributed by atoms with E-state index in [1.807, 2.05) is 49.5 Å². The maximum Gasteiger partial charge on any atom is 0.255 e. The summed E-state index contributed by atoms with van der Waals surface area (Å²) in [5.41, 5.74) is 7.30. The Hall–Kier alpha value is -4.83. The average molecular weight is 444 g/mol. The Labute approximate surface area is 196 Å². The lowest BCUT2D eigenvalue weighted by Gasteiger charge is -2.11. The number of aryl methyl sites for hydroxylation is 1. The molecule has 0 saturated heterocycles. The number of nitrogens with zero attached hydrogens (tertiary/aromatic N) is 4. The minimum Gasteiger partial charge on any atom is -0.358 e. The van der Waals surface area contributed by atoms with Gasteiger partial charge in [-0.3, -0.25) is 9.78 Å². The molecule has 3 aromatic heterocycles. The predicted molar refractivity (Wildman–Crippen MR) is 130 cm³/mol. The Morgan fingerprint density at radius 2 is 1.94 bits per heavy atom. The first-order valence-corrected chi connectivity index (χ1v) is 10.8. The van der Waals surface area contributed by atoms with Gasteiger partial charge < -0.3 is 10.3 Å². The molecule has 164 valence electrons. The number of anilines is 1. The van der Waals surface area contributed by atoms with E-state index in [-0.39, 0.29) is 5.91 Å². The van der Waals surface area contributed by atoms with Crippen molar-refractivity contribution < 1.29 is 4.79 Å². The molecular formula is C27H20N6O. The normalized spacial score (nSPS) is 10.7. The van der Waals surface area contributed by atoms with Crippen LogP contribution in [0, 0.1) is 18.3 Å². The standard InChI is InChI=1S/C27H20N6O/c1-17-13-22(31-27(34)19-6-4-18(15-28)5-7-19)9-8-20(17)14-24-32-23-10-12-30-26(23)25(33-24)21-3-2-11-29-16-21/h2-13,16,30H,14H2,1H3,(H,31,34). The van der Waals surface area contributed by atoms with Crippen molar-refractivity contribution >= 4 is 22.6 Å². The second kappa shape index (κ2) is 8.96. The highest BCUT2D eigenvalue weighted by Crippen LogP contribution is 2.26. The fourth-order valence-corrected chi connectivity index (χ4v) is 3.83. The van der Waals surface area contributed by atoms with Gasteiger partial charge in [0.15, 0.2) is 0 Å². The summed E-state index contributed by atoms with van der Waals surface area (Å²) >= 11 is 0. The molecule has 7 nitrogen and oxygen atoms in total. The van der Waals surface area contributed by atoms with E-state index in [2.05, 4.69) is 21.4 Å². The van der Waals surface area contributed by atoms with Crippen molar-refractivity contribution in [3.8, 4) is 17.3 Å². The maximum atomic E-state index is 12.6. The van der Waals surface area contributed by atoms with E-state index < -0.39 is 0 Å². The summed E-state index contributed by atoms with van der Waals surface area (Å²) in [7, 11) is 0. The van der Waals surface area contributed by atoms with Crippen molar-refractivity contribution in [2.45, 2.75) is 13.3 Å². The van der Waals surface area contributed by atoms with Crippen LogP contribution < -0.4 is 5.32 Å². The molecule has 0 bridgehead atoms. The van der Waals surface area contributed by atoms with Gasteiger partial charge in [-0.1, -0.05) is 6.07 Å². The number of hydrogen-bond donors (Lipinski definition) is 2. The number of hydrogen-bond acceptors (Lipinski definition) is 5. The first-order chi connectivity index (χ1) is 16.6. The number of aromatic nitrogens is 4. The zero-order valence-electron chi connectivity index (χ0n) is 18.4. The quantitative estimate of drug-likeness (QED) is 0.395. The van der Waals surface area contributed by atoms with Gasteiger partial charge in [0.2, 0.25) is 0 Å². The van der Waals surface area contributed by atoms with E-state index in [1.54, 1.807) is 36.7 Å². The fourth-order valence-electron chi connectivity index (χ4n) is 3.83. The summed E-state index contributed by atoms with van der Waals surface area (Å²) in [4.78, 5) is 29.6. The van der Waals surface area contributed by atoms with Crippen LogP contribution in [0.2, 0.25) is 0 Å². The summed E-state index contributed by atoms with van der Waals surface area (Å²) in [6, 6.07) is 20.2. The van der Waals surface area contributed by atoms with Gasteiger partial charge in [-0.25, -0.2) is 9.97 Å². The Kier molecular flexibility index (Phi) is 5.55. The number of amides is 1. The molecular weight excluding hydrogens is 424 g/mol. The van der Waals surface area contributed by atoms with Crippen LogP contribution >= 0.6 is 0 Å². The molecule has 0 fully saturated rings. The smallest absolute Gasteiger partial charge is 0.255 e. The van der Waals surface area contributed by atoms with Gasteiger partial charge >= 0.3 is 0 Å². The summed E-state index contributed by atoms with van der Waals surface area (Å²) in [6.07, 6.45) is 5.95. The monoisotopic (exact) mass is 444 g/mol. The molecule has 0 radical (unpaired) electrons. The van der Waals surface area contributed by atoms with Gasteiger partial charge in [-0.15, -0.1) is 0 Å². The third kappa shape index (κ3) is 4.25. The van der Waals surface area contributed by atoms with E-state index in [0.29, 0.717) is 29.1 Å². The molecule has 1 amide bonds. The number of aromatic amines is 1. The topological polar surface area (TPSA) is 107 Å². The van der Waals surface area contributed by atoms with Crippen LogP contribution in [0.5, 0.6) is 0 Å². The van der Waals surface area contributed by atoms with Gasteiger partial charge in [0, 0.05) is 41.8 Å². The van der Waals surface area contributed by atoms with Crippen LogP contribution in [-0.4, -0.2) is 25.8 Å². The van der Waals surface area contributed by atoms with Crippen molar-refractivity contribution in [3.05, 3.63) is 107 Å². The molecule has 0 aliphatic rings. The number of H-pyrrole nitrogens is 1. The van der Waals surface area contributed by atoms with Gasteiger partial charge in [-0.2, -0.15) is 5.26 Å². The Morgan fingerprint density at radius 3 is 2.68 bits per heavy atom. The van der Waals surface area contributed by atoms with Crippen LogP contribution in [0.25, 0.3) is 22.3 Å². The van der Waals surface area contributed by atoms with Crippen molar-refractivity contribution in [2.75, 3.05) is 5.32 Å². The third-order valence-corrected chi connectivity index (χ3v) is 5.61. The van der Waals surface area contributed by atoms with Crippen molar-refractivity contribution in [1.29, 1.82) is 5.26 Å². The van der Waals surface area contributed by atoms with Crippen molar-refractivity contribution in [1.82, 2.24) is 19.9 Å². The number of pyridine rings is 1. The third-order valence-electron chi connectivity index (χ3n) is 5.61. The summed E-state index contributed by atoms with van der Waals surface area (Å²) in [6.45, 7) is 2.00. The highest BCUT2D eigenvalue weighted by molar-refractivity contribution is 6.04. The first-order valence-electron chi connectivity index (χ1n) is 10.8. The molecule has 3 heterocycles. The zero-order chi connectivity index (χ0) is 23.5. The highest BCUT2D eigenvalue weighted by Gasteiger charge is 2.13. The summed E-state index contributed by atoms with van der Waals surface area (Å²) in [5, 5.41) is 11.8. The van der Waals surface area contributed by atoms with E-state index in [4.69, 9.17) is 15.2 Å². The minimum atomic E-state index is -0.223. The van der Waals surface area contributed by atoms with Crippen LogP contribution in [0.1, 0.15) is 32.9 Å². The van der Waals surface area contributed by atoms with Gasteiger partial charge in [0.1, 0.15) is 5.82 Å². The minimum absolute atomic E-state index is 0.223. The molecule has 0 aliphatic carbocycles. The van der Waals surface area contributed by atoms with Gasteiger partial charge in [-0.05, 0) is 72.6 Å². The SMILES string of the molecule is Cc1cc(NC(=O)c2ccc(C#N)cc2)ccc1Cc1nc(-c2cccnc2)c2[nH]ccc2n1. The molecule has 5 rings (SSSR count). The number of rotatable bonds is 5. The predicted octanol–water partition coefficient (Wildman–Crippen LogP) is 5.04. The molecule has 0 aliphatic heterocycles. The number of nitrogens with one attached hydrogen (secondary N) is 2. The van der Waals surface area contributed by atoms with Crippen molar-refractivity contribution in [2.24, 2.45) is 0 Å². The molecule has 0 saturated carbocycles. The summed E-state index contributed by atoms with van der Waals surface area (Å²) in [5.74, 6) is 0.488. The average Bonchev–Trinajstić information content (AvgIpc) is 3.34. The van der Waals surface area contributed by atoms with Crippen LogP contribution in [-0.2, 0) is 6.42 Å².